The molecule has 0 unspecified atom stereocenters. The summed E-state index contributed by atoms with van der Waals surface area (Å²) in [5.41, 5.74) is -1.83. The van der Waals surface area contributed by atoms with Crippen molar-refractivity contribution in [3.05, 3.63) is 34.9 Å². The first kappa shape index (κ1) is 25.7. The van der Waals surface area contributed by atoms with Crippen LogP contribution in [0.2, 0.25) is 5.02 Å². The molecule has 2 atom stereocenters. The largest absolute Gasteiger partial charge is 1.00 e. The molecular weight excluding hydrogens is 527 g/mol. The molecule has 1 saturated carbocycles. The highest BCUT2D eigenvalue weighted by atomic mass is 127. The van der Waals surface area contributed by atoms with Gasteiger partial charge in [0.2, 0.25) is 5.92 Å². The summed E-state index contributed by atoms with van der Waals surface area (Å²) in [5, 5.41) is 11.9. The fraction of sp³-hybridized carbons (Fsp3) is 0.682. The maximum absolute atomic E-state index is 13.9. The van der Waals surface area contributed by atoms with Crippen molar-refractivity contribution in [3.8, 4) is 0 Å². The van der Waals surface area contributed by atoms with Crippen molar-refractivity contribution in [2.24, 2.45) is 5.92 Å². The Morgan fingerprint density at radius 3 is 2.23 bits per heavy atom. The third-order valence-electron chi connectivity index (χ3n) is 7.06. The molecule has 1 N–H and O–H groups in total. The molecule has 1 saturated heterocycles. The molecule has 0 bridgehead atoms. The smallest absolute Gasteiger partial charge is 0.343 e. The summed E-state index contributed by atoms with van der Waals surface area (Å²) in [6, 6.07) is 6.16. The third kappa shape index (κ3) is 5.27. The number of carbonyl (C=O) groups excluding carboxylic acids is 1. The molecule has 30 heavy (non-hydrogen) atoms. The first-order valence-electron chi connectivity index (χ1n) is 10.6. The van der Waals surface area contributed by atoms with Crippen LogP contribution in [0.25, 0.3) is 0 Å². The van der Waals surface area contributed by atoms with Gasteiger partial charge in [0, 0.05) is 36.6 Å². The van der Waals surface area contributed by atoms with Gasteiger partial charge in [0.05, 0.1) is 26.2 Å². The van der Waals surface area contributed by atoms with Gasteiger partial charge in [-0.25, -0.2) is 13.6 Å². The molecule has 3 rings (SSSR count). The van der Waals surface area contributed by atoms with E-state index in [2.05, 4.69) is 13.8 Å². The second kappa shape index (κ2) is 9.96. The first-order valence-corrected chi connectivity index (χ1v) is 10.9. The van der Waals surface area contributed by atoms with E-state index in [1.807, 2.05) is 0 Å². The van der Waals surface area contributed by atoms with Gasteiger partial charge in [-0.2, -0.15) is 0 Å². The van der Waals surface area contributed by atoms with E-state index in [4.69, 9.17) is 16.3 Å². The fourth-order valence-corrected chi connectivity index (χ4v) is 4.96. The molecule has 0 amide bonds. The molecule has 0 spiro atoms. The maximum atomic E-state index is 13.9. The summed E-state index contributed by atoms with van der Waals surface area (Å²) < 4.78 is 34.5. The van der Waals surface area contributed by atoms with Crippen molar-refractivity contribution in [2.45, 2.75) is 63.6 Å². The number of esters is 1. The van der Waals surface area contributed by atoms with E-state index in [0.717, 1.165) is 30.7 Å². The minimum atomic E-state index is -2.88. The second-order valence-corrected chi connectivity index (χ2v) is 9.03. The van der Waals surface area contributed by atoms with Crippen molar-refractivity contribution in [1.82, 2.24) is 0 Å². The lowest BCUT2D eigenvalue weighted by molar-refractivity contribution is -0.930. The molecule has 8 heteroatoms. The van der Waals surface area contributed by atoms with Crippen LogP contribution in [0.5, 0.6) is 0 Å². The summed E-state index contributed by atoms with van der Waals surface area (Å²) in [4.78, 5) is 13.2. The molecule has 170 valence electrons. The fourth-order valence-electron chi connectivity index (χ4n) is 4.84. The maximum Gasteiger partial charge on any atom is 0.343 e. The molecule has 1 aromatic rings. The van der Waals surface area contributed by atoms with Gasteiger partial charge in [0.1, 0.15) is 6.10 Å². The van der Waals surface area contributed by atoms with E-state index in [9.17, 15) is 18.7 Å². The highest BCUT2D eigenvalue weighted by Crippen LogP contribution is 2.48. The quantitative estimate of drug-likeness (QED) is 0.328. The second-order valence-electron chi connectivity index (χ2n) is 8.59. The number of rotatable bonds is 6. The van der Waals surface area contributed by atoms with E-state index >= 15 is 0 Å². The number of aliphatic hydroxyl groups is 1. The van der Waals surface area contributed by atoms with Crippen LogP contribution in [0.3, 0.4) is 0 Å². The minimum Gasteiger partial charge on any atom is -1.00 e. The normalized spacial score (nSPS) is 25.2. The first-order chi connectivity index (χ1) is 13.6. The molecule has 2 aliphatic rings. The van der Waals surface area contributed by atoms with Gasteiger partial charge in [-0.05, 0) is 38.0 Å². The van der Waals surface area contributed by atoms with E-state index < -0.39 is 29.8 Å². The summed E-state index contributed by atoms with van der Waals surface area (Å²) in [5.74, 6) is -4.59. The Morgan fingerprint density at radius 1 is 1.20 bits per heavy atom. The van der Waals surface area contributed by atoms with Crippen LogP contribution in [0.15, 0.2) is 24.3 Å². The van der Waals surface area contributed by atoms with Gasteiger partial charge in [0.25, 0.3) is 0 Å². The van der Waals surface area contributed by atoms with E-state index in [1.54, 1.807) is 12.1 Å². The highest BCUT2D eigenvalue weighted by molar-refractivity contribution is 6.30. The average molecular weight is 558 g/mol. The van der Waals surface area contributed by atoms with E-state index in [1.165, 1.54) is 12.1 Å². The standard InChI is InChI=1S/C22H31ClF2NO3.HI/c1-3-26(4-2)13-10-19(11-14-26)29-20(27)22(28,16-5-7-18(23)8-6-16)17-9-12-21(24,25)15-17;/h5-8,17,19,28H,3-4,9-15H2,1-2H3;1H/q+1;/p-1/t17-,22+;/m1./s1. The number of ether oxygens (including phenoxy) is 1. The lowest BCUT2D eigenvalue weighted by Gasteiger charge is -2.43. The van der Waals surface area contributed by atoms with Crippen LogP contribution in [0, 0.1) is 5.92 Å². The van der Waals surface area contributed by atoms with E-state index in [0.29, 0.717) is 17.9 Å². The van der Waals surface area contributed by atoms with Crippen LogP contribution in [0.1, 0.15) is 51.5 Å². The van der Waals surface area contributed by atoms with Crippen molar-refractivity contribution in [1.29, 1.82) is 0 Å². The molecule has 1 aromatic carbocycles. The van der Waals surface area contributed by atoms with E-state index in [-0.39, 0.29) is 48.5 Å². The number of hydrogen-bond donors (Lipinski definition) is 1. The topological polar surface area (TPSA) is 46.5 Å². The summed E-state index contributed by atoms with van der Waals surface area (Å²) >= 11 is 5.94. The third-order valence-corrected chi connectivity index (χ3v) is 7.31. The number of benzene rings is 1. The molecule has 2 fully saturated rings. The number of alkyl halides is 2. The molecule has 1 aliphatic carbocycles. The van der Waals surface area contributed by atoms with Crippen LogP contribution in [-0.4, -0.2) is 53.8 Å². The van der Waals surface area contributed by atoms with Crippen LogP contribution < -0.4 is 24.0 Å². The number of quaternary nitrogens is 1. The number of hydrogen-bond acceptors (Lipinski definition) is 3. The Labute approximate surface area is 199 Å². The van der Waals surface area contributed by atoms with Crippen molar-refractivity contribution in [2.75, 3.05) is 26.2 Å². The lowest BCUT2D eigenvalue weighted by atomic mass is 9.80. The zero-order valence-corrected chi connectivity index (χ0v) is 20.5. The van der Waals surface area contributed by atoms with Crippen LogP contribution in [0.4, 0.5) is 8.78 Å². The highest BCUT2D eigenvalue weighted by Gasteiger charge is 2.55. The number of halogens is 4. The Bertz CT molecular complexity index is 720. The monoisotopic (exact) mass is 557 g/mol. The molecule has 1 aliphatic heterocycles. The van der Waals surface area contributed by atoms with Gasteiger partial charge in [0.15, 0.2) is 5.60 Å². The molecule has 1 heterocycles. The zero-order chi connectivity index (χ0) is 21.3. The zero-order valence-electron chi connectivity index (χ0n) is 17.6. The van der Waals surface area contributed by atoms with Crippen molar-refractivity contribution < 1.29 is 51.9 Å². The lowest BCUT2D eigenvalue weighted by Crippen LogP contribution is -3.00. The number of likely N-dealkylation sites (tertiary alicyclic amines) is 1. The number of nitrogens with zero attached hydrogens (tertiary/aromatic N) is 1. The molecule has 0 radical (unpaired) electrons. The van der Waals surface area contributed by atoms with Gasteiger partial charge >= 0.3 is 5.97 Å². The van der Waals surface area contributed by atoms with Crippen LogP contribution >= 0.6 is 11.6 Å². The molecule has 4 nitrogen and oxygen atoms in total. The summed E-state index contributed by atoms with van der Waals surface area (Å²) in [7, 11) is 0. The molecule has 0 aromatic heterocycles. The van der Waals surface area contributed by atoms with Crippen LogP contribution in [-0.2, 0) is 15.1 Å². The Morgan fingerprint density at radius 2 is 1.77 bits per heavy atom. The Balaban J connectivity index is 0.00000320. The summed E-state index contributed by atoms with van der Waals surface area (Å²) in [6.07, 6.45) is 0.329. The summed E-state index contributed by atoms with van der Waals surface area (Å²) in [6.45, 7) is 8.20. The Hall–Kier alpha value is -0.510. The average Bonchev–Trinajstić information content (AvgIpc) is 3.09. The van der Waals surface area contributed by atoms with Gasteiger partial charge in [-0.1, -0.05) is 23.7 Å². The van der Waals surface area contributed by atoms with Crippen molar-refractivity contribution >= 4 is 17.6 Å². The minimum absolute atomic E-state index is 0. The SMILES string of the molecule is CC[N+]1(CC)CCC(OC(=O)[C@](O)(c2ccc(Cl)cc2)[C@@H]2CCC(F)(F)C2)CC1.[I-]. The number of carbonyl (C=O) groups is 1. The Kier molecular flexibility index (Phi) is 8.55. The van der Waals surface area contributed by atoms with Gasteiger partial charge < -0.3 is 38.3 Å². The van der Waals surface area contributed by atoms with Crippen molar-refractivity contribution in [3.63, 3.8) is 0 Å². The predicted octanol–water partition coefficient (Wildman–Crippen LogP) is 1.53. The van der Waals surface area contributed by atoms with Gasteiger partial charge in [-0.3, -0.25) is 0 Å². The molecular formula is C22H31ClF2INO3. The van der Waals surface area contributed by atoms with Gasteiger partial charge in [-0.15, -0.1) is 0 Å². The number of piperidine rings is 1. The predicted molar refractivity (Wildman–Crippen MR) is 108 cm³/mol.